The maximum absolute atomic E-state index is 12.5. The van der Waals surface area contributed by atoms with Crippen molar-refractivity contribution in [3.05, 3.63) is 0 Å². The molecule has 0 amide bonds. The molecule has 146 valence electrons. The number of rotatable bonds is 5. The smallest absolute Gasteiger partial charge is 0.309 e. The predicted octanol–water partition coefficient (Wildman–Crippen LogP) is 2.03. The lowest BCUT2D eigenvalue weighted by Crippen LogP contribution is -2.74. The number of carbonyl (C=O) groups excluding carboxylic acids is 3. The molecule has 0 radical (unpaired) electrons. The lowest BCUT2D eigenvalue weighted by molar-refractivity contribution is -0.306. The molecule has 4 saturated carbocycles. The first-order valence-electron chi connectivity index (χ1n) is 9.28. The third kappa shape index (κ3) is 3.33. The summed E-state index contributed by atoms with van der Waals surface area (Å²) >= 11 is 0. The van der Waals surface area contributed by atoms with E-state index in [-0.39, 0.29) is 31.1 Å². The molecular formula is C19H28O7. The Kier molecular flexibility index (Phi) is 4.37. The van der Waals surface area contributed by atoms with Crippen LogP contribution in [-0.2, 0) is 28.6 Å². The zero-order chi connectivity index (χ0) is 19.4. The quantitative estimate of drug-likeness (QED) is 0.585. The third-order valence-corrected chi connectivity index (χ3v) is 5.94. The van der Waals surface area contributed by atoms with E-state index in [2.05, 4.69) is 0 Å². The van der Waals surface area contributed by atoms with Crippen molar-refractivity contribution >= 4 is 17.9 Å². The molecule has 4 bridgehead atoms. The molecule has 0 heterocycles. The first kappa shape index (κ1) is 19.1. The van der Waals surface area contributed by atoms with Gasteiger partial charge in [0.2, 0.25) is 0 Å². The van der Waals surface area contributed by atoms with Gasteiger partial charge in [0, 0.05) is 52.4 Å². The molecule has 0 spiro atoms. The van der Waals surface area contributed by atoms with Crippen molar-refractivity contribution in [1.29, 1.82) is 0 Å². The number of hydrogen-bond acceptors (Lipinski definition) is 7. The number of carbonyl (C=O) groups is 3. The zero-order valence-corrected chi connectivity index (χ0v) is 15.9. The van der Waals surface area contributed by atoms with Gasteiger partial charge in [0.05, 0.1) is 11.5 Å². The molecule has 1 N–H and O–H groups in total. The summed E-state index contributed by atoms with van der Waals surface area (Å²) in [4.78, 5) is 35.9. The van der Waals surface area contributed by atoms with Crippen molar-refractivity contribution < 1.29 is 33.7 Å². The van der Waals surface area contributed by atoms with Crippen molar-refractivity contribution in [1.82, 2.24) is 0 Å². The van der Waals surface area contributed by atoms with Gasteiger partial charge in [0.15, 0.2) is 0 Å². The fourth-order valence-corrected chi connectivity index (χ4v) is 5.73. The second-order valence-corrected chi connectivity index (χ2v) is 8.75. The average Bonchev–Trinajstić information content (AvgIpc) is 2.39. The van der Waals surface area contributed by atoms with E-state index in [0.29, 0.717) is 25.7 Å². The van der Waals surface area contributed by atoms with Crippen LogP contribution in [0.5, 0.6) is 0 Å². The van der Waals surface area contributed by atoms with Crippen LogP contribution in [0.3, 0.4) is 0 Å². The molecule has 0 saturated heterocycles. The van der Waals surface area contributed by atoms with Gasteiger partial charge in [-0.05, 0) is 6.42 Å². The topological polar surface area (TPSA) is 99.1 Å². The Morgan fingerprint density at radius 3 is 1.58 bits per heavy atom. The van der Waals surface area contributed by atoms with Gasteiger partial charge in [-0.1, -0.05) is 13.8 Å². The van der Waals surface area contributed by atoms with E-state index in [1.54, 1.807) is 6.92 Å². The maximum Gasteiger partial charge on any atom is 0.309 e. The summed E-state index contributed by atoms with van der Waals surface area (Å²) in [5, 5.41) is 11.2. The Labute approximate surface area is 153 Å². The van der Waals surface area contributed by atoms with Crippen molar-refractivity contribution in [2.24, 2.45) is 5.92 Å². The highest BCUT2D eigenvalue weighted by Crippen LogP contribution is 2.64. The van der Waals surface area contributed by atoms with Gasteiger partial charge in [-0.3, -0.25) is 14.4 Å². The summed E-state index contributed by atoms with van der Waals surface area (Å²) in [5.41, 5.74) is -4.16. The largest absolute Gasteiger partial charge is 0.459 e. The highest BCUT2D eigenvalue weighted by Gasteiger charge is 2.72. The summed E-state index contributed by atoms with van der Waals surface area (Å²) in [5.74, 6) is -1.53. The minimum Gasteiger partial charge on any atom is -0.459 e. The van der Waals surface area contributed by atoms with Crippen LogP contribution in [0.4, 0.5) is 0 Å². The Hall–Kier alpha value is -1.63. The molecule has 3 unspecified atom stereocenters. The number of hydrogen-bond donors (Lipinski definition) is 1. The molecule has 4 aliphatic carbocycles. The highest BCUT2D eigenvalue weighted by atomic mass is 16.6. The number of aliphatic hydroxyl groups is 1. The van der Waals surface area contributed by atoms with E-state index >= 15 is 0 Å². The lowest BCUT2D eigenvalue weighted by atomic mass is 9.48. The summed E-state index contributed by atoms with van der Waals surface area (Å²) in [6, 6.07) is 0. The Bertz CT molecular complexity index is 608. The molecule has 7 nitrogen and oxygen atoms in total. The average molecular weight is 368 g/mol. The van der Waals surface area contributed by atoms with E-state index in [4.69, 9.17) is 14.2 Å². The summed E-state index contributed by atoms with van der Waals surface area (Å²) in [7, 11) is 0. The highest BCUT2D eigenvalue weighted by molar-refractivity contribution is 5.73. The third-order valence-electron chi connectivity index (χ3n) is 5.94. The molecule has 0 aromatic heterocycles. The fourth-order valence-electron chi connectivity index (χ4n) is 5.73. The second kappa shape index (κ2) is 5.94. The van der Waals surface area contributed by atoms with E-state index < -0.39 is 34.3 Å². The molecule has 4 fully saturated rings. The van der Waals surface area contributed by atoms with Crippen LogP contribution < -0.4 is 0 Å². The van der Waals surface area contributed by atoms with Gasteiger partial charge >= 0.3 is 17.9 Å². The zero-order valence-electron chi connectivity index (χ0n) is 15.9. The molecule has 3 atom stereocenters. The minimum atomic E-state index is -1.20. The Morgan fingerprint density at radius 2 is 1.23 bits per heavy atom. The van der Waals surface area contributed by atoms with Crippen molar-refractivity contribution in [3.63, 3.8) is 0 Å². The Morgan fingerprint density at radius 1 is 0.846 bits per heavy atom. The second-order valence-electron chi connectivity index (χ2n) is 8.75. The fraction of sp³-hybridized carbons (Fsp3) is 0.842. The van der Waals surface area contributed by atoms with Gasteiger partial charge in [0.25, 0.3) is 0 Å². The summed E-state index contributed by atoms with van der Waals surface area (Å²) in [6.07, 6.45) is 2.43. The molecule has 0 aliphatic heterocycles. The van der Waals surface area contributed by atoms with Crippen LogP contribution in [0.15, 0.2) is 0 Å². The molecule has 7 heteroatoms. The molecule has 4 aliphatic rings. The van der Waals surface area contributed by atoms with E-state index in [0.717, 1.165) is 0 Å². The van der Waals surface area contributed by atoms with Crippen molar-refractivity contribution in [2.45, 2.75) is 95.0 Å². The predicted molar refractivity (Wildman–Crippen MR) is 89.9 cm³/mol. The Balaban J connectivity index is 1.99. The molecule has 0 aromatic rings. The standard InChI is InChI=1S/C19H28O7/c1-5-12(2)15(22)26-19-8-16(23)6-17(10-19,24-13(3)20)9-18(7-16,11-19)25-14(4)21/h12,23H,5-11H2,1-4H3. The van der Waals surface area contributed by atoms with Gasteiger partial charge in [0.1, 0.15) is 16.8 Å². The molecular weight excluding hydrogens is 340 g/mol. The number of ether oxygens (including phenoxy) is 3. The van der Waals surface area contributed by atoms with Crippen LogP contribution in [0.25, 0.3) is 0 Å². The van der Waals surface area contributed by atoms with Crippen LogP contribution >= 0.6 is 0 Å². The molecule has 4 rings (SSSR count). The first-order valence-corrected chi connectivity index (χ1v) is 9.28. The van der Waals surface area contributed by atoms with Gasteiger partial charge in [-0.15, -0.1) is 0 Å². The molecule has 26 heavy (non-hydrogen) atoms. The van der Waals surface area contributed by atoms with Crippen molar-refractivity contribution in [2.75, 3.05) is 0 Å². The van der Waals surface area contributed by atoms with Crippen LogP contribution in [0.2, 0.25) is 0 Å². The monoisotopic (exact) mass is 368 g/mol. The van der Waals surface area contributed by atoms with Crippen LogP contribution in [-0.4, -0.2) is 45.4 Å². The van der Waals surface area contributed by atoms with Gasteiger partial charge < -0.3 is 19.3 Å². The van der Waals surface area contributed by atoms with Gasteiger partial charge in [-0.25, -0.2) is 0 Å². The minimum absolute atomic E-state index is 0.269. The number of esters is 3. The van der Waals surface area contributed by atoms with Crippen molar-refractivity contribution in [3.8, 4) is 0 Å². The van der Waals surface area contributed by atoms with E-state index in [1.807, 2.05) is 6.92 Å². The first-order chi connectivity index (χ1) is 11.9. The SMILES string of the molecule is CCC(C)C(=O)OC12CC3(O)CC(OC(C)=O)(CC(OC(C)=O)(C3)C1)C2. The molecule has 0 aromatic carbocycles. The van der Waals surface area contributed by atoms with Gasteiger partial charge in [-0.2, -0.15) is 0 Å². The normalized spacial score (nSPS) is 41.4. The van der Waals surface area contributed by atoms with E-state index in [1.165, 1.54) is 13.8 Å². The summed E-state index contributed by atoms with van der Waals surface area (Å²) < 4.78 is 17.2. The summed E-state index contributed by atoms with van der Waals surface area (Å²) in [6.45, 7) is 6.33. The maximum atomic E-state index is 12.5. The van der Waals surface area contributed by atoms with E-state index in [9.17, 15) is 19.5 Å². The lowest BCUT2D eigenvalue weighted by Gasteiger charge is -2.66. The van der Waals surface area contributed by atoms with Crippen LogP contribution in [0.1, 0.15) is 72.6 Å². The van der Waals surface area contributed by atoms with Crippen LogP contribution in [0, 0.1) is 5.92 Å².